The molecular formula is C12H25O2. The Morgan fingerprint density at radius 3 is 2.21 bits per heavy atom. The Balaban J connectivity index is 3.78. The Labute approximate surface area is 89.0 Å². The highest BCUT2D eigenvalue weighted by Gasteiger charge is 2.21. The molecule has 0 aromatic heterocycles. The molecule has 0 aromatic rings. The fourth-order valence-electron chi connectivity index (χ4n) is 0.997. The summed E-state index contributed by atoms with van der Waals surface area (Å²) in [7, 11) is 0. The predicted octanol–water partition coefficient (Wildman–Crippen LogP) is 3.56. The van der Waals surface area contributed by atoms with Gasteiger partial charge in [0.25, 0.3) is 0 Å². The lowest BCUT2D eigenvalue weighted by molar-refractivity contribution is -0.0447. The van der Waals surface area contributed by atoms with Crippen LogP contribution in [0, 0.1) is 6.10 Å². The number of ether oxygens (including phenoxy) is 2. The van der Waals surface area contributed by atoms with Crippen LogP contribution in [0.15, 0.2) is 0 Å². The van der Waals surface area contributed by atoms with Crippen molar-refractivity contribution in [2.45, 2.75) is 59.5 Å². The molecular weight excluding hydrogens is 176 g/mol. The molecule has 0 N–H and O–H groups in total. The van der Waals surface area contributed by atoms with Gasteiger partial charge in [0.05, 0.1) is 12.2 Å². The van der Waals surface area contributed by atoms with Crippen LogP contribution in [0.3, 0.4) is 0 Å². The van der Waals surface area contributed by atoms with E-state index in [4.69, 9.17) is 9.47 Å². The van der Waals surface area contributed by atoms with Crippen molar-refractivity contribution in [2.75, 3.05) is 13.2 Å². The molecule has 2 nitrogen and oxygen atoms in total. The molecule has 0 amide bonds. The van der Waals surface area contributed by atoms with E-state index in [0.717, 1.165) is 32.0 Å². The Morgan fingerprint density at radius 2 is 1.79 bits per heavy atom. The molecule has 0 saturated heterocycles. The van der Waals surface area contributed by atoms with Crippen molar-refractivity contribution in [3.63, 3.8) is 0 Å². The van der Waals surface area contributed by atoms with Crippen molar-refractivity contribution in [1.29, 1.82) is 0 Å². The predicted molar refractivity (Wildman–Crippen MR) is 60.1 cm³/mol. The van der Waals surface area contributed by atoms with E-state index in [9.17, 15) is 0 Å². The van der Waals surface area contributed by atoms with Crippen molar-refractivity contribution < 1.29 is 9.47 Å². The molecule has 0 unspecified atom stereocenters. The van der Waals surface area contributed by atoms with Crippen molar-refractivity contribution in [2.24, 2.45) is 0 Å². The minimum atomic E-state index is -0.0546. The van der Waals surface area contributed by atoms with Crippen LogP contribution in [0.25, 0.3) is 0 Å². The summed E-state index contributed by atoms with van der Waals surface area (Å²) in [6.45, 7) is 12.1. The van der Waals surface area contributed by atoms with Crippen LogP contribution < -0.4 is 0 Å². The highest BCUT2D eigenvalue weighted by molar-refractivity contribution is 4.81. The SMILES string of the molecule is CCCOC[C](CC)OC(C)(C)CC. The Kier molecular flexibility index (Phi) is 7.20. The van der Waals surface area contributed by atoms with Crippen molar-refractivity contribution >= 4 is 0 Å². The van der Waals surface area contributed by atoms with Crippen LogP contribution in [0.2, 0.25) is 0 Å². The Morgan fingerprint density at radius 1 is 1.14 bits per heavy atom. The molecule has 0 atom stereocenters. The Bertz CT molecular complexity index is 132. The van der Waals surface area contributed by atoms with E-state index in [2.05, 4.69) is 34.6 Å². The second-order valence-electron chi connectivity index (χ2n) is 4.16. The Hall–Kier alpha value is -0.0800. The summed E-state index contributed by atoms with van der Waals surface area (Å²) in [6.07, 6.45) is 4.08. The van der Waals surface area contributed by atoms with Gasteiger partial charge >= 0.3 is 0 Å². The van der Waals surface area contributed by atoms with Crippen LogP contribution in [0.4, 0.5) is 0 Å². The van der Waals surface area contributed by atoms with Crippen LogP contribution in [0.1, 0.15) is 53.9 Å². The van der Waals surface area contributed by atoms with E-state index in [-0.39, 0.29) is 5.60 Å². The second-order valence-corrected chi connectivity index (χ2v) is 4.16. The first-order valence-corrected chi connectivity index (χ1v) is 5.67. The second kappa shape index (κ2) is 7.24. The van der Waals surface area contributed by atoms with Crippen molar-refractivity contribution in [1.82, 2.24) is 0 Å². The quantitative estimate of drug-likeness (QED) is 0.559. The van der Waals surface area contributed by atoms with Gasteiger partial charge in [0, 0.05) is 6.61 Å². The maximum absolute atomic E-state index is 5.87. The monoisotopic (exact) mass is 201 g/mol. The molecule has 1 radical (unpaired) electrons. The average Bonchev–Trinajstić information content (AvgIpc) is 2.16. The summed E-state index contributed by atoms with van der Waals surface area (Å²) >= 11 is 0. The van der Waals surface area contributed by atoms with Crippen LogP contribution in [0.5, 0.6) is 0 Å². The third kappa shape index (κ3) is 6.39. The minimum Gasteiger partial charge on any atom is -0.378 e. The van der Waals surface area contributed by atoms with Crippen molar-refractivity contribution in [3.8, 4) is 0 Å². The van der Waals surface area contributed by atoms with Gasteiger partial charge in [-0.15, -0.1) is 0 Å². The molecule has 0 fully saturated rings. The lowest BCUT2D eigenvalue weighted by Crippen LogP contribution is -2.27. The van der Waals surface area contributed by atoms with Gasteiger partial charge in [0.1, 0.15) is 6.10 Å². The lowest BCUT2D eigenvalue weighted by atomic mass is 10.1. The van der Waals surface area contributed by atoms with Gasteiger partial charge in [-0.05, 0) is 33.1 Å². The summed E-state index contributed by atoms with van der Waals surface area (Å²) in [5.41, 5.74) is -0.0546. The van der Waals surface area contributed by atoms with Crippen molar-refractivity contribution in [3.05, 3.63) is 6.10 Å². The topological polar surface area (TPSA) is 18.5 Å². The summed E-state index contributed by atoms with van der Waals surface area (Å²) in [6, 6.07) is 0. The smallest absolute Gasteiger partial charge is 0.123 e. The molecule has 0 bridgehead atoms. The fourth-order valence-corrected chi connectivity index (χ4v) is 0.997. The lowest BCUT2D eigenvalue weighted by Gasteiger charge is -2.28. The highest BCUT2D eigenvalue weighted by atomic mass is 16.5. The first kappa shape index (κ1) is 13.9. The van der Waals surface area contributed by atoms with E-state index >= 15 is 0 Å². The zero-order valence-electron chi connectivity index (χ0n) is 10.4. The molecule has 0 heterocycles. The maximum atomic E-state index is 5.87. The molecule has 0 spiro atoms. The summed E-state index contributed by atoms with van der Waals surface area (Å²) in [5, 5.41) is 0. The number of hydrogen-bond acceptors (Lipinski definition) is 2. The fraction of sp³-hybridized carbons (Fsp3) is 0.917. The van der Waals surface area contributed by atoms with Crippen LogP contribution in [-0.4, -0.2) is 18.8 Å². The standard InChI is InChI=1S/C12H25O2/c1-6-9-13-10-11(7-2)14-12(4,5)8-3/h6-10H2,1-5H3. The highest BCUT2D eigenvalue weighted by Crippen LogP contribution is 2.22. The normalized spacial score (nSPS) is 12.4. The molecule has 0 saturated carbocycles. The number of rotatable bonds is 8. The van der Waals surface area contributed by atoms with Gasteiger partial charge in [0.15, 0.2) is 0 Å². The molecule has 85 valence electrons. The molecule has 0 aliphatic rings. The first-order chi connectivity index (χ1) is 6.55. The first-order valence-electron chi connectivity index (χ1n) is 5.67. The summed E-state index contributed by atoms with van der Waals surface area (Å²) < 4.78 is 11.3. The largest absolute Gasteiger partial charge is 0.378 e. The molecule has 0 aliphatic heterocycles. The van der Waals surface area contributed by atoms with E-state index in [0.29, 0.717) is 6.61 Å². The molecule has 0 aromatic carbocycles. The molecule has 14 heavy (non-hydrogen) atoms. The van der Waals surface area contributed by atoms with E-state index in [1.807, 2.05) is 0 Å². The average molecular weight is 201 g/mol. The third-order valence-corrected chi connectivity index (χ3v) is 2.28. The molecule has 0 rings (SSSR count). The van der Waals surface area contributed by atoms with Gasteiger partial charge in [-0.1, -0.05) is 20.8 Å². The van der Waals surface area contributed by atoms with Gasteiger partial charge in [-0.25, -0.2) is 0 Å². The third-order valence-electron chi connectivity index (χ3n) is 2.28. The maximum Gasteiger partial charge on any atom is 0.123 e. The zero-order valence-corrected chi connectivity index (χ0v) is 10.4. The summed E-state index contributed by atoms with van der Waals surface area (Å²) in [4.78, 5) is 0. The molecule has 0 aliphatic carbocycles. The zero-order chi connectivity index (χ0) is 11.0. The van der Waals surface area contributed by atoms with E-state index in [1.54, 1.807) is 0 Å². The van der Waals surface area contributed by atoms with E-state index in [1.165, 1.54) is 0 Å². The minimum absolute atomic E-state index is 0.0546. The van der Waals surface area contributed by atoms with Crippen LogP contribution >= 0.6 is 0 Å². The van der Waals surface area contributed by atoms with Crippen LogP contribution in [-0.2, 0) is 9.47 Å². The van der Waals surface area contributed by atoms with Gasteiger partial charge in [-0.2, -0.15) is 0 Å². The molecule has 2 heteroatoms. The van der Waals surface area contributed by atoms with E-state index < -0.39 is 0 Å². The van der Waals surface area contributed by atoms with Gasteiger partial charge in [0.2, 0.25) is 0 Å². The van der Waals surface area contributed by atoms with Gasteiger partial charge < -0.3 is 9.47 Å². The summed E-state index contributed by atoms with van der Waals surface area (Å²) in [5.74, 6) is 0. The number of hydrogen-bond donors (Lipinski definition) is 0. The van der Waals surface area contributed by atoms with Gasteiger partial charge in [-0.3, -0.25) is 0 Å².